The number of nitrogens with one attached hydrogen (secondary N) is 1. The molecule has 1 fully saturated rings. The number of anilines is 1. The van der Waals surface area contributed by atoms with Gasteiger partial charge in [-0.25, -0.2) is 0 Å². The zero-order chi connectivity index (χ0) is 15.5. The summed E-state index contributed by atoms with van der Waals surface area (Å²) in [5.41, 5.74) is 1.49. The van der Waals surface area contributed by atoms with Crippen LogP contribution in [0.3, 0.4) is 0 Å². The number of hydrogen-bond acceptors (Lipinski definition) is 3. The normalized spacial score (nSPS) is 21.4. The second-order valence-electron chi connectivity index (χ2n) is 5.88. The molecule has 4 heteroatoms. The Hall–Kier alpha value is -0.740. The van der Waals surface area contributed by atoms with Gasteiger partial charge in [-0.05, 0) is 47.3 Å². The molecule has 1 saturated heterocycles. The number of piperazine rings is 1. The number of benzene rings is 1. The van der Waals surface area contributed by atoms with Crippen molar-refractivity contribution in [1.82, 2.24) is 5.32 Å². The zero-order valence-electron chi connectivity index (χ0n) is 13.6. The van der Waals surface area contributed by atoms with Gasteiger partial charge in [0, 0.05) is 36.4 Å². The number of ether oxygens (including phenoxy) is 1. The van der Waals surface area contributed by atoms with Gasteiger partial charge in [0.25, 0.3) is 0 Å². The Kier molecular flexibility index (Phi) is 5.55. The molecule has 118 valence electrons. The van der Waals surface area contributed by atoms with Crippen LogP contribution in [0.1, 0.15) is 40.0 Å². The van der Waals surface area contributed by atoms with Crippen molar-refractivity contribution >= 4 is 21.6 Å². The highest BCUT2D eigenvalue weighted by atomic mass is 79.9. The van der Waals surface area contributed by atoms with E-state index in [1.165, 1.54) is 5.69 Å². The summed E-state index contributed by atoms with van der Waals surface area (Å²) in [4.78, 5) is 2.55. The van der Waals surface area contributed by atoms with Gasteiger partial charge in [0.2, 0.25) is 0 Å². The molecule has 0 aliphatic carbocycles. The van der Waals surface area contributed by atoms with Gasteiger partial charge in [0.1, 0.15) is 5.75 Å². The third-order valence-corrected chi connectivity index (χ3v) is 5.57. The standard InChI is InChI=1S/C17H27BrN2O/c1-5-13-11-19-17(6-2,7-3)12-20(13)14-8-9-15(18)16(10-14)21-4/h8-10,13,19H,5-7,11-12H2,1-4H3. The van der Waals surface area contributed by atoms with Gasteiger partial charge >= 0.3 is 0 Å². The molecule has 0 amide bonds. The van der Waals surface area contributed by atoms with Crippen molar-refractivity contribution in [3.8, 4) is 5.75 Å². The Labute approximate surface area is 137 Å². The topological polar surface area (TPSA) is 24.5 Å². The van der Waals surface area contributed by atoms with Crippen molar-refractivity contribution in [3.63, 3.8) is 0 Å². The lowest BCUT2D eigenvalue weighted by atomic mass is 9.87. The smallest absolute Gasteiger partial charge is 0.135 e. The highest BCUT2D eigenvalue weighted by molar-refractivity contribution is 9.10. The SMILES string of the molecule is CCC1CNC(CC)(CC)CN1c1ccc(Br)c(OC)c1. The first-order valence-electron chi connectivity index (χ1n) is 7.94. The summed E-state index contributed by atoms with van der Waals surface area (Å²) < 4.78 is 6.47. The third kappa shape index (κ3) is 3.37. The molecular weight excluding hydrogens is 328 g/mol. The summed E-state index contributed by atoms with van der Waals surface area (Å²) in [7, 11) is 1.72. The van der Waals surface area contributed by atoms with Crippen molar-refractivity contribution in [2.75, 3.05) is 25.1 Å². The maximum Gasteiger partial charge on any atom is 0.135 e. The zero-order valence-corrected chi connectivity index (χ0v) is 15.2. The molecule has 21 heavy (non-hydrogen) atoms. The van der Waals surface area contributed by atoms with E-state index in [4.69, 9.17) is 4.74 Å². The van der Waals surface area contributed by atoms with E-state index in [2.05, 4.69) is 65.1 Å². The maximum atomic E-state index is 5.46. The average Bonchev–Trinajstić information content (AvgIpc) is 2.54. The van der Waals surface area contributed by atoms with Gasteiger partial charge in [-0.2, -0.15) is 0 Å². The van der Waals surface area contributed by atoms with Crippen LogP contribution >= 0.6 is 15.9 Å². The number of hydrogen-bond donors (Lipinski definition) is 1. The lowest BCUT2D eigenvalue weighted by molar-refractivity contribution is 0.246. The second-order valence-corrected chi connectivity index (χ2v) is 6.73. The lowest BCUT2D eigenvalue weighted by Crippen LogP contribution is -2.64. The molecule has 1 aliphatic rings. The minimum Gasteiger partial charge on any atom is -0.495 e. The van der Waals surface area contributed by atoms with Crippen LogP contribution < -0.4 is 15.0 Å². The Bertz CT molecular complexity index is 474. The first-order chi connectivity index (χ1) is 10.1. The van der Waals surface area contributed by atoms with E-state index in [1.807, 2.05) is 0 Å². The van der Waals surface area contributed by atoms with E-state index in [1.54, 1.807) is 7.11 Å². The van der Waals surface area contributed by atoms with E-state index < -0.39 is 0 Å². The first-order valence-corrected chi connectivity index (χ1v) is 8.73. The van der Waals surface area contributed by atoms with Crippen LogP contribution in [0.4, 0.5) is 5.69 Å². The van der Waals surface area contributed by atoms with Crippen LogP contribution in [0.25, 0.3) is 0 Å². The van der Waals surface area contributed by atoms with E-state index in [0.29, 0.717) is 6.04 Å². The highest BCUT2D eigenvalue weighted by Gasteiger charge is 2.36. The van der Waals surface area contributed by atoms with Crippen LogP contribution in [0.2, 0.25) is 0 Å². The summed E-state index contributed by atoms with van der Waals surface area (Å²) in [5.74, 6) is 0.902. The van der Waals surface area contributed by atoms with Crippen molar-refractivity contribution < 1.29 is 4.74 Å². The number of halogens is 1. The molecular formula is C17H27BrN2O. The van der Waals surface area contributed by atoms with Crippen LogP contribution in [0.5, 0.6) is 5.75 Å². The molecule has 1 atom stereocenters. The quantitative estimate of drug-likeness (QED) is 0.857. The molecule has 1 aliphatic heterocycles. The van der Waals surface area contributed by atoms with Crippen molar-refractivity contribution in [2.24, 2.45) is 0 Å². The molecule has 2 rings (SSSR count). The molecule has 0 spiro atoms. The molecule has 0 aromatic heterocycles. The van der Waals surface area contributed by atoms with Crippen molar-refractivity contribution in [2.45, 2.75) is 51.6 Å². The maximum absolute atomic E-state index is 5.46. The molecule has 1 aromatic rings. The third-order valence-electron chi connectivity index (χ3n) is 4.92. The average molecular weight is 355 g/mol. The van der Waals surface area contributed by atoms with E-state index in [0.717, 1.165) is 42.6 Å². The van der Waals surface area contributed by atoms with Crippen LogP contribution in [-0.2, 0) is 0 Å². The lowest BCUT2D eigenvalue weighted by Gasteiger charge is -2.48. The molecule has 0 radical (unpaired) electrons. The van der Waals surface area contributed by atoms with E-state index in [9.17, 15) is 0 Å². The Morgan fingerprint density at radius 1 is 1.33 bits per heavy atom. The van der Waals surface area contributed by atoms with Crippen LogP contribution in [0.15, 0.2) is 22.7 Å². The van der Waals surface area contributed by atoms with Gasteiger partial charge in [-0.1, -0.05) is 20.8 Å². The Morgan fingerprint density at radius 3 is 2.62 bits per heavy atom. The van der Waals surface area contributed by atoms with E-state index in [-0.39, 0.29) is 5.54 Å². The Balaban J connectivity index is 2.33. The molecule has 1 heterocycles. The fraction of sp³-hybridized carbons (Fsp3) is 0.647. The van der Waals surface area contributed by atoms with Gasteiger partial charge in [0.15, 0.2) is 0 Å². The molecule has 1 unspecified atom stereocenters. The predicted molar refractivity (Wildman–Crippen MR) is 93.4 cm³/mol. The minimum absolute atomic E-state index is 0.228. The van der Waals surface area contributed by atoms with Gasteiger partial charge in [-0.3, -0.25) is 0 Å². The largest absolute Gasteiger partial charge is 0.495 e. The van der Waals surface area contributed by atoms with Crippen molar-refractivity contribution in [3.05, 3.63) is 22.7 Å². The molecule has 1 aromatic carbocycles. The number of methoxy groups -OCH3 is 1. The van der Waals surface area contributed by atoms with Gasteiger partial charge in [0.05, 0.1) is 11.6 Å². The van der Waals surface area contributed by atoms with Crippen LogP contribution in [0, 0.1) is 0 Å². The Morgan fingerprint density at radius 2 is 2.05 bits per heavy atom. The highest BCUT2D eigenvalue weighted by Crippen LogP contribution is 2.34. The summed E-state index contributed by atoms with van der Waals surface area (Å²) in [6, 6.07) is 6.97. The van der Waals surface area contributed by atoms with Gasteiger partial charge < -0.3 is 15.0 Å². The second kappa shape index (κ2) is 7.01. The molecule has 1 N–H and O–H groups in total. The predicted octanol–water partition coefficient (Wildman–Crippen LogP) is 4.20. The van der Waals surface area contributed by atoms with Crippen molar-refractivity contribution in [1.29, 1.82) is 0 Å². The number of nitrogens with zero attached hydrogens (tertiary/aromatic N) is 1. The summed E-state index contributed by atoms with van der Waals surface area (Å²) >= 11 is 3.54. The minimum atomic E-state index is 0.228. The molecule has 3 nitrogen and oxygen atoms in total. The first kappa shape index (κ1) is 16.6. The van der Waals surface area contributed by atoms with Crippen LogP contribution in [-0.4, -0.2) is 31.8 Å². The summed E-state index contributed by atoms with van der Waals surface area (Å²) in [6.07, 6.45) is 3.46. The van der Waals surface area contributed by atoms with E-state index >= 15 is 0 Å². The monoisotopic (exact) mass is 354 g/mol. The molecule has 0 saturated carbocycles. The number of rotatable bonds is 5. The fourth-order valence-corrected chi connectivity index (χ4v) is 3.58. The summed E-state index contributed by atoms with van der Waals surface area (Å²) in [5, 5.41) is 3.79. The van der Waals surface area contributed by atoms with Gasteiger partial charge in [-0.15, -0.1) is 0 Å². The molecule has 0 bridgehead atoms. The summed E-state index contributed by atoms with van der Waals surface area (Å²) in [6.45, 7) is 8.94. The fourth-order valence-electron chi connectivity index (χ4n) is 3.17.